The molecule has 0 saturated heterocycles. The molecular weight excluding hydrogens is 226 g/mol. The van der Waals surface area contributed by atoms with Crippen LogP contribution in [0.15, 0.2) is 36.2 Å². The van der Waals surface area contributed by atoms with Crippen molar-refractivity contribution in [2.45, 2.75) is 6.92 Å². The third kappa shape index (κ3) is 1.62. The third-order valence-electron chi connectivity index (χ3n) is 3.04. The SMILES string of the molecule is Cc1nn(C)cc1C=C1Nc2ccccc2C1=O. The molecule has 0 saturated carbocycles. The molecule has 0 atom stereocenters. The van der Waals surface area contributed by atoms with Crippen LogP contribution in [0.4, 0.5) is 5.69 Å². The van der Waals surface area contributed by atoms with Crippen LogP contribution < -0.4 is 5.32 Å². The normalized spacial score (nSPS) is 15.9. The summed E-state index contributed by atoms with van der Waals surface area (Å²) in [6.07, 6.45) is 3.75. The molecule has 0 spiro atoms. The molecule has 0 fully saturated rings. The van der Waals surface area contributed by atoms with Gasteiger partial charge in [-0.25, -0.2) is 0 Å². The van der Waals surface area contributed by atoms with Crippen molar-refractivity contribution in [2.75, 3.05) is 5.32 Å². The van der Waals surface area contributed by atoms with Gasteiger partial charge in [-0.05, 0) is 25.1 Å². The van der Waals surface area contributed by atoms with E-state index < -0.39 is 0 Å². The third-order valence-corrected chi connectivity index (χ3v) is 3.04. The molecule has 1 aromatic carbocycles. The number of fused-ring (bicyclic) bond motifs is 1. The van der Waals surface area contributed by atoms with Crippen LogP contribution in [0.3, 0.4) is 0 Å². The summed E-state index contributed by atoms with van der Waals surface area (Å²) >= 11 is 0. The van der Waals surface area contributed by atoms with Crippen LogP contribution in [0.5, 0.6) is 0 Å². The molecule has 0 amide bonds. The molecule has 4 nitrogen and oxygen atoms in total. The Morgan fingerprint density at radius 3 is 2.78 bits per heavy atom. The quantitative estimate of drug-likeness (QED) is 0.777. The molecule has 90 valence electrons. The van der Waals surface area contributed by atoms with Crippen LogP contribution >= 0.6 is 0 Å². The van der Waals surface area contributed by atoms with Crippen LogP contribution in [0.1, 0.15) is 21.6 Å². The van der Waals surface area contributed by atoms with Gasteiger partial charge < -0.3 is 5.32 Å². The number of para-hydroxylation sites is 1. The van der Waals surface area contributed by atoms with Crippen LogP contribution in [0.25, 0.3) is 6.08 Å². The smallest absolute Gasteiger partial charge is 0.211 e. The molecule has 1 N–H and O–H groups in total. The fourth-order valence-corrected chi connectivity index (χ4v) is 2.15. The molecule has 2 heterocycles. The van der Waals surface area contributed by atoms with E-state index in [-0.39, 0.29) is 5.78 Å². The molecule has 0 radical (unpaired) electrons. The molecule has 0 aliphatic carbocycles. The van der Waals surface area contributed by atoms with Gasteiger partial charge in [-0.3, -0.25) is 9.48 Å². The number of aryl methyl sites for hydroxylation is 2. The summed E-state index contributed by atoms with van der Waals surface area (Å²) in [7, 11) is 1.87. The average molecular weight is 239 g/mol. The molecule has 0 bridgehead atoms. The first-order valence-corrected chi connectivity index (χ1v) is 5.78. The highest BCUT2D eigenvalue weighted by Gasteiger charge is 2.23. The number of hydrogen-bond acceptors (Lipinski definition) is 3. The van der Waals surface area contributed by atoms with Gasteiger partial charge >= 0.3 is 0 Å². The Morgan fingerprint density at radius 1 is 1.33 bits per heavy atom. The van der Waals surface area contributed by atoms with Gasteiger partial charge in [0.15, 0.2) is 0 Å². The number of carbonyl (C=O) groups excluding carboxylic acids is 1. The minimum absolute atomic E-state index is 0.0360. The van der Waals surface area contributed by atoms with Crippen molar-refractivity contribution in [1.29, 1.82) is 0 Å². The van der Waals surface area contributed by atoms with Crippen molar-refractivity contribution in [2.24, 2.45) is 7.05 Å². The van der Waals surface area contributed by atoms with Crippen molar-refractivity contribution in [3.05, 3.63) is 53.0 Å². The Kier molecular flexibility index (Phi) is 2.30. The number of rotatable bonds is 1. The number of nitrogens with zero attached hydrogens (tertiary/aromatic N) is 2. The molecule has 1 aliphatic rings. The monoisotopic (exact) mass is 239 g/mol. The molecule has 18 heavy (non-hydrogen) atoms. The summed E-state index contributed by atoms with van der Waals surface area (Å²) in [5.74, 6) is 0.0360. The van der Waals surface area contributed by atoms with E-state index in [9.17, 15) is 4.79 Å². The number of aromatic nitrogens is 2. The van der Waals surface area contributed by atoms with E-state index in [2.05, 4.69) is 10.4 Å². The van der Waals surface area contributed by atoms with Crippen molar-refractivity contribution in [3.63, 3.8) is 0 Å². The molecular formula is C14H13N3O. The second-order valence-corrected chi connectivity index (χ2v) is 4.40. The standard InChI is InChI=1S/C14H13N3O/c1-9-10(8-17(2)16-9)7-13-14(18)11-5-3-4-6-12(11)15-13/h3-8,15H,1-2H3. The highest BCUT2D eigenvalue weighted by atomic mass is 16.1. The number of Topliss-reactive ketones (excluding diaryl/α,β-unsaturated/α-hetero) is 1. The predicted molar refractivity (Wildman–Crippen MR) is 70.3 cm³/mol. The van der Waals surface area contributed by atoms with E-state index in [4.69, 9.17) is 0 Å². The topological polar surface area (TPSA) is 46.9 Å². The number of ketones is 1. The van der Waals surface area contributed by atoms with Crippen molar-refractivity contribution >= 4 is 17.5 Å². The first-order chi connectivity index (χ1) is 8.65. The van der Waals surface area contributed by atoms with E-state index in [1.54, 1.807) is 4.68 Å². The van der Waals surface area contributed by atoms with Gasteiger partial charge in [0.1, 0.15) is 0 Å². The Balaban J connectivity index is 2.02. The fourth-order valence-electron chi connectivity index (χ4n) is 2.15. The molecule has 3 rings (SSSR count). The van der Waals surface area contributed by atoms with Crippen LogP contribution in [0, 0.1) is 6.92 Å². The first kappa shape index (κ1) is 10.8. The summed E-state index contributed by atoms with van der Waals surface area (Å²) in [5.41, 5.74) is 4.07. The predicted octanol–water partition coefficient (Wildman–Crippen LogP) is 2.38. The lowest BCUT2D eigenvalue weighted by Crippen LogP contribution is -1.99. The van der Waals surface area contributed by atoms with E-state index in [0.29, 0.717) is 5.70 Å². The van der Waals surface area contributed by atoms with Gasteiger partial charge in [-0.15, -0.1) is 0 Å². The maximum absolute atomic E-state index is 12.2. The maximum Gasteiger partial charge on any atom is 0.211 e. The van der Waals surface area contributed by atoms with E-state index in [1.165, 1.54) is 0 Å². The molecule has 0 unspecified atom stereocenters. The van der Waals surface area contributed by atoms with Crippen molar-refractivity contribution in [1.82, 2.24) is 9.78 Å². The summed E-state index contributed by atoms with van der Waals surface area (Å²) < 4.78 is 1.74. The lowest BCUT2D eigenvalue weighted by molar-refractivity contribution is 0.104. The summed E-state index contributed by atoms with van der Waals surface area (Å²) in [5, 5.41) is 7.40. The Morgan fingerprint density at radius 2 is 2.11 bits per heavy atom. The molecule has 1 aromatic heterocycles. The largest absolute Gasteiger partial charge is 0.352 e. The highest BCUT2D eigenvalue weighted by molar-refractivity contribution is 6.20. The zero-order valence-corrected chi connectivity index (χ0v) is 10.3. The Bertz CT molecular complexity index is 667. The number of nitrogens with one attached hydrogen (secondary N) is 1. The Hall–Kier alpha value is -2.36. The Labute approximate surface area is 105 Å². The van der Waals surface area contributed by atoms with Gasteiger partial charge in [0.2, 0.25) is 5.78 Å². The zero-order chi connectivity index (χ0) is 12.7. The fraction of sp³-hybridized carbons (Fsp3) is 0.143. The van der Waals surface area contributed by atoms with Crippen LogP contribution in [0.2, 0.25) is 0 Å². The summed E-state index contributed by atoms with van der Waals surface area (Å²) in [6.45, 7) is 1.93. The number of allylic oxidation sites excluding steroid dienone is 1. The van der Waals surface area contributed by atoms with Gasteiger partial charge in [-0.2, -0.15) is 5.10 Å². The number of hydrogen-bond donors (Lipinski definition) is 1. The lowest BCUT2D eigenvalue weighted by atomic mass is 10.1. The van der Waals surface area contributed by atoms with Gasteiger partial charge in [0.25, 0.3) is 0 Å². The van der Waals surface area contributed by atoms with Crippen molar-refractivity contribution < 1.29 is 4.79 Å². The van der Waals surface area contributed by atoms with Crippen molar-refractivity contribution in [3.8, 4) is 0 Å². The van der Waals surface area contributed by atoms with E-state index >= 15 is 0 Å². The summed E-state index contributed by atoms with van der Waals surface area (Å²) in [4.78, 5) is 12.2. The number of anilines is 1. The van der Waals surface area contributed by atoms with Crippen LogP contribution in [-0.4, -0.2) is 15.6 Å². The molecule has 4 heteroatoms. The average Bonchev–Trinajstić information content (AvgIpc) is 2.82. The second-order valence-electron chi connectivity index (χ2n) is 4.40. The summed E-state index contributed by atoms with van der Waals surface area (Å²) in [6, 6.07) is 7.53. The zero-order valence-electron chi connectivity index (χ0n) is 10.3. The van der Waals surface area contributed by atoms with Gasteiger partial charge in [-0.1, -0.05) is 12.1 Å². The molecule has 1 aliphatic heterocycles. The van der Waals surface area contributed by atoms with Crippen LogP contribution in [-0.2, 0) is 7.05 Å². The van der Waals surface area contributed by atoms with Gasteiger partial charge in [0, 0.05) is 30.1 Å². The number of carbonyl (C=O) groups is 1. The molecule has 2 aromatic rings. The minimum Gasteiger partial charge on any atom is -0.352 e. The highest BCUT2D eigenvalue weighted by Crippen LogP contribution is 2.28. The number of benzene rings is 1. The van der Waals surface area contributed by atoms with E-state index in [0.717, 1.165) is 22.5 Å². The first-order valence-electron chi connectivity index (χ1n) is 5.78. The second kappa shape index (κ2) is 3.84. The van der Waals surface area contributed by atoms with E-state index in [1.807, 2.05) is 50.5 Å². The lowest BCUT2D eigenvalue weighted by Gasteiger charge is -1.97. The minimum atomic E-state index is 0.0360. The van der Waals surface area contributed by atoms with Gasteiger partial charge in [0.05, 0.1) is 11.4 Å². The maximum atomic E-state index is 12.2.